The Morgan fingerprint density at radius 2 is 1.74 bits per heavy atom. The summed E-state index contributed by atoms with van der Waals surface area (Å²) in [7, 11) is 2.00. The molecule has 0 unspecified atom stereocenters. The largest absolute Gasteiger partial charge is 0.416 e. The molecular weight excluding hydrogens is 405 g/mol. The predicted molar refractivity (Wildman–Crippen MR) is 116 cm³/mol. The third-order valence-corrected chi connectivity index (χ3v) is 5.15. The predicted octanol–water partition coefficient (Wildman–Crippen LogP) is 4.27. The van der Waals surface area contributed by atoms with E-state index in [4.69, 9.17) is 6.42 Å². The summed E-state index contributed by atoms with van der Waals surface area (Å²) in [5.74, 6) is 2.52. The quantitative estimate of drug-likeness (QED) is 0.697. The maximum atomic E-state index is 13.7. The number of piperazine rings is 1. The van der Waals surface area contributed by atoms with Crippen molar-refractivity contribution in [1.29, 1.82) is 0 Å². The molecule has 0 bridgehead atoms. The molecule has 3 rings (SSSR count). The Kier molecular flexibility index (Phi) is 7.21. The summed E-state index contributed by atoms with van der Waals surface area (Å²) in [5, 5.41) is 5.10. The van der Waals surface area contributed by atoms with Gasteiger partial charge in [0.15, 0.2) is 0 Å². The molecule has 0 atom stereocenters. The number of hydrogen-bond acceptors (Lipinski definition) is 3. The molecule has 2 aromatic rings. The van der Waals surface area contributed by atoms with E-state index in [-0.39, 0.29) is 17.8 Å². The lowest BCUT2D eigenvalue weighted by Crippen LogP contribution is -2.44. The second kappa shape index (κ2) is 9.86. The maximum Gasteiger partial charge on any atom is 0.416 e. The number of terminal acetylenes is 1. The highest BCUT2D eigenvalue weighted by Crippen LogP contribution is 2.34. The number of nitrogens with zero attached hydrogens (tertiary/aromatic N) is 2. The van der Waals surface area contributed by atoms with E-state index in [2.05, 4.69) is 21.5 Å². The summed E-state index contributed by atoms with van der Waals surface area (Å²) in [6.07, 6.45) is 1.20. The average molecular weight is 430 g/mol. The van der Waals surface area contributed by atoms with Crippen molar-refractivity contribution in [2.24, 2.45) is 0 Å². The van der Waals surface area contributed by atoms with Gasteiger partial charge in [-0.05, 0) is 42.4 Å². The number of likely N-dealkylation sites (N-methyl/N-ethyl adjacent to an activating group) is 1. The lowest BCUT2D eigenvalue weighted by molar-refractivity contribution is -0.138. The van der Waals surface area contributed by atoms with E-state index in [0.29, 0.717) is 12.1 Å². The smallest absolute Gasteiger partial charge is 0.308 e. The van der Waals surface area contributed by atoms with E-state index in [0.717, 1.165) is 37.8 Å². The molecule has 2 N–H and O–H groups in total. The number of carbonyl (C=O) groups excluding carboxylic acids is 1. The topological polar surface area (TPSA) is 47.6 Å². The Hall–Kier alpha value is -3.02. The number of rotatable bonds is 5. The summed E-state index contributed by atoms with van der Waals surface area (Å²) < 4.78 is 41.0. The van der Waals surface area contributed by atoms with Gasteiger partial charge in [0.25, 0.3) is 0 Å². The first-order valence-electron chi connectivity index (χ1n) is 9.96. The first-order chi connectivity index (χ1) is 14.7. The van der Waals surface area contributed by atoms with Gasteiger partial charge in [0.2, 0.25) is 0 Å². The van der Waals surface area contributed by atoms with Gasteiger partial charge in [-0.15, -0.1) is 12.3 Å². The lowest BCUT2D eigenvalue weighted by Gasteiger charge is -2.33. The molecule has 2 amide bonds. The third kappa shape index (κ3) is 6.48. The molecule has 0 saturated carbocycles. The van der Waals surface area contributed by atoms with Crippen LogP contribution in [0.3, 0.4) is 0 Å². The van der Waals surface area contributed by atoms with Crippen LogP contribution >= 0.6 is 0 Å². The van der Waals surface area contributed by atoms with Gasteiger partial charge >= 0.3 is 12.2 Å². The van der Waals surface area contributed by atoms with Crippen molar-refractivity contribution in [1.82, 2.24) is 9.80 Å². The number of nitrogens with one attached hydrogen (secondary N) is 2. The number of alkyl halides is 3. The van der Waals surface area contributed by atoms with E-state index in [1.54, 1.807) is 18.2 Å². The molecule has 5 nitrogen and oxygen atoms in total. The van der Waals surface area contributed by atoms with E-state index in [9.17, 15) is 18.0 Å². The zero-order chi connectivity index (χ0) is 22.4. The summed E-state index contributed by atoms with van der Waals surface area (Å²) in [5.41, 5.74) is 0.901. The summed E-state index contributed by atoms with van der Waals surface area (Å²) in [6, 6.07) is 10.3. The van der Waals surface area contributed by atoms with Gasteiger partial charge in [-0.2, -0.15) is 13.2 Å². The van der Waals surface area contributed by atoms with E-state index in [1.807, 2.05) is 18.0 Å². The fourth-order valence-electron chi connectivity index (χ4n) is 3.47. The number of carbonyl (C=O) groups is 1. The van der Waals surface area contributed by atoms with Crippen LogP contribution in [0.5, 0.6) is 0 Å². The van der Waals surface area contributed by atoms with Gasteiger partial charge in [0.1, 0.15) is 0 Å². The molecular formula is C23H25F3N4O. The second-order valence-electron chi connectivity index (χ2n) is 7.61. The van der Waals surface area contributed by atoms with Crippen LogP contribution in [0.4, 0.5) is 29.3 Å². The van der Waals surface area contributed by atoms with E-state index < -0.39 is 17.8 Å². The Morgan fingerprint density at radius 3 is 2.39 bits per heavy atom. The monoisotopic (exact) mass is 430 g/mol. The molecule has 2 aromatic carbocycles. The van der Waals surface area contributed by atoms with Crippen LogP contribution < -0.4 is 10.6 Å². The molecule has 1 aliphatic rings. The minimum absolute atomic E-state index is 0.0757. The molecule has 0 aromatic heterocycles. The van der Waals surface area contributed by atoms with Crippen LogP contribution in [-0.2, 0) is 19.1 Å². The van der Waals surface area contributed by atoms with Crippen LogP contribution in [0.25, 0.3) is 0 Å². The van der Waals surface area contributed by atoms with E-state index >= 15 is 0 Å². The molecule has 8 heteroatoms. The Morgan fingerprint density at radius 1 is 1.06 bits per heavy atom. The van der Waals surface area contributed by atoms with Crippen molar-refractivity contribution in [2.45, 2.75) is 19.1 Å². The molecule has 1 heterocycles. The van der Waals surface area contributed by atoms with Crippen molar-refractivity contribution in [2.75, 3.05) is 43.9 Å². The highest BCUT2D eigenvalue weighted by Gasteiger charge is 2.34. The molecule has 1 fully saturated rings. The number of hydrogen-bond donors (Lipinski definition) is 2. The van der Waals surface area contributed by atoms with Crippen LogP contribution in [0, 0.1) is 12.3 Å². The zero-order valence-corrected chi connectivity index (χ0v) is 17.3. The Labute approximate surface area is 180 Å². The number of amides is 2. The van der Waals surface area contributed by atoms with Crippen molar-refractivity contribution in [3.05, 3.63) is 59.2 Å². The number of anilines is 2. The maximum absolute atomic E-state index is 13.7. The van der Waals surface area contributed by atoms with Crippen LogP contribution in [-0.4, -0.2) is 49.1 Å². The molecule has 1 aliphatic heterocycles. The van der Waals surface area contributed by atoms with E-state index in [1.165, 1.54) is 12.1 Å². The highest BCUT2D eigenvalue weighted by atomic mass is 19.4. The molecule has 0 aliphatic carbocycles. The summed E-state index contributed by atoms with van der Waals surface area (Å²) >= 11 is 0. The zero-order valence-electron chi connectivity index (χ0n) is 17.3. The van der Waals surface area contributed by atoms with Crippen molar-refractivity contribution < 1.29 is 18.0 Å². The SMILES string of the molecule is C#CCc1cccc(NC(=O)Nc2ccc(CN3CCN(C)CC3)c(C(F)(F)F)c2)c1. The molecule has 0 spiro atoms. The van der Waals surface area contributed by atoms with Gasteiger partial charge in [0, 0.05) is 50.5 Å². The highest BCUT2D eigenvalue weighted by molar-refractivity contribution is 5.99. The molecule has 164 valence electrons. The van der Waals surface area contributed by atoms with Crippen molar-refractivity contribution in [3.8, 4) is 12.3 Å². The number of urea groups is 1. The standard InChI is InChI=1S/C23H25F3N4O/c1-3-5-17-6-4-7-19(14-17)27-22(31)28-20-9-8-18(21(15-20)23(24,25)26)16-30-12-10-29(2)11-13-30/h1,4,6-9,14-15H,5,10-13,16H2,2H3,(H2,27,28,31). The number of halogens is 3. The average Bonchev–Trinajstić information content (AvgIpc) is 2.70. The van der Waals surface area contributed by atoms with Gasteiger partial charge in [-0.3, -0.25) is 4.90 Å². The lowest BCUT2D eigenvalue weighted by atomic mass is 10.0. The van der Waals surface area contributed by atoms with Gasteiger partial charge < -0.3 is 15.5 Å². The van der Waals surface area contributed by atoms with Gasteiger partial charge in [0.05, 0.1) is 5.56 Å². The van der Waals surface area contributed by atoms with Crippen LogP contribution in [0.15, 0.2) is 42.5 Å². The van der Waals surface area contributed by atoms with Crippen molar-refractivity contribution in [3.63, 3.8) is 0 Å². The minimum atomic E-state index is -4.51. The van der Waals surface area contributed by atoms with Gasteiger partial charge in [-0.1, -0.05) is 18.2 Å². The Balaban J connectivity index is 1.71. The molecule has 31 heavy (non-hydrogen) atoms. The molecule has 1 saturated heterocycles. The van der Waals surface area contributed by atoms with Gasteiger partial charge in [-0.25, -0.2) is 4.79 Å². The first kappa shape index (κ1) is 22.7. The summed E-state index contributed by atoms with van der Waals surface area (Å²) in [6.45, 7) is 3.30. The third-order valence-electron chi connectivity index (χ3n) is 5.15. The van der Waals surface area contributed by atoms with Crippen LogP contribution in [0.2, 0.25) is 0 Å². The fraction of sp³-hybridized carbons (Fsp3) is 0.348. The van der Waals surface area contributed by atoms with Crippen molar-refractivity contribution >= 4 is 17.4 Å². The first-order valence-corrected chi connectivity index (χ1v) is 9.96. The Bertz CT molecular complexity index is 960. The normalized spacial score (nSPS) is 15.3. The number of benzene rings is 2. The minimum Gasteiger partial charge on any atom is -0.308 e. The molecule has 0 radical (unpaired) electrons. The fourth-order valence-corrected chi connectivity index (χ4v) is 3.47. The van der Waals surface area contributed by atoms with Crippen LogP contribution in [0.1, 0.15) is 16.7 Å². The summed E-state index contributed by atoms with van der Waals surface area (Å²) in [4.78, 5) is 16.4. The second-order valence-corrected chi connectivity index (χ2v) is 7.61.